The molecule has 8 nitrogen and oxygen atoms in total. The molecule has 2 aliphatic rings. The number of aromatic nitrogens is 4. The van der Waals surface area contributed by atoms with Crippen LogP contribution in [0.5, 0.6) is 0 Å². The molecule has 1 amide bonds. The van der Waals surface area contributed by atoms with Crippen LogP contribution in [-0.4, -0.2) is 38.0 Å². The van der Waals surface area contributed by atoms with Crippen LogP contribution in [0.25, 0.3) is 11.2 Å². The molecule has 0 aromatic carbocycles. The maximum absolute atomic E-state index is 14.6. The molecule has 3 heterocycles. The molecule has 0 spiro atoms. The first-order valence-electron chi connectivity index (χ1n) is 12.0. The van der Waals surface area contributed by atoms with Gasteiger partial charge in [-0.3, -0.25) is 9.36 Å². The van der Waals surface area contributed by atoms with Crippen molar-refractivity contribution in [3.8, 4) is 0 Å². The highest BCUT2D eigenvalue weighted by Crippen LogP contribution is 2.30. The minimum atomic E-state index is -0.756. The number of imidazole rings is 1. The number of rotatable bonds is 8. The number of hydrogen-bond donors (Lipinski definition) is 3. The third-order valence-electron chi connectivity index (χ3n) is 6.21. The molecule has 1 saturated heterocycles. The number of anilines is 2. The minimum Gasteiger partial charge on any atom is -0.354 e. The van der Waals surface area contributed by atoms with Gasteiger partial charge in [0.25, 0.3) is 0 Å². The first kappa shape index (κ1) is 23.8. The Kier molecular flexibility index (Phi) is 7.87. The molecule has 2 fully saturated rings. The second kappa shape index (κ2) is 11.2. The second-order valence-electron chi connectivity index (χ2n) is 8.67. The van der Waals surface area contributed by atoms with E-state index in [1.54, 1.807) is 18.3 Å². The van der Waals surface area contributed by atoms with Crippen molar-refractivity contribution in [2.75, 3.05) is 17.2 Å². The Hall–Kier alpha value is -3.30. The van der Waals surface area contributed by atoms with Crippen molar-refractivity contribution in [3.63, 3.8) is 0 Å². The predicted molar refractivity (Wildman–Crippen MR) is 129 cm³/mol. The van der Waals surface area contributed by atoms with E-state index in [1.807, 2.05) is 11.5 Å². The summed E-state index contributed by atoms with van der Waals surface area (Å²) in [5.74, 6) is 0.127. The Labute approximate surface area is 197 Å². The van der Waals surface area contributed by atoms with Crippen molar-refractivity contribution in [2.45, 2.75) is 70.4 Å². The topological polar surface area (TPSA) is 96.8 Å². The molecule has 1 aliphatic heterocycles. The Balaban J connectivity index is 1.73. The zero-order chi connectivity index (χ0) is 23.9. The summed E-state index contributed by atoms with van der Waals surface area (Å²) >= 11 is 0. The summed E-state index contributed by atoms with van der Waals surface area (Å²) in [7, 11) is 0. The average molecular weight is 472 g/mol. The molecule has 0 bridgehead atoms. The quantitative estimate of drug-likeness (QED) is 0.466. The van der Waals surface area contributed by atoms with Crippen LogP contribution in [-0.2, 0) is 4.79 Å². The van der Waals surface area contributed by atoms with E-state index >= 15 is 0 Å². The van der Waals surface area contributed by atoms with Gasteiger partial charge in [-0.05, 0) is 31.8 Å². The molecule has 0 radical (unpaired) electrons. The lowest BCUT2D eigenvalue weighted by Gasteiger charge is -2.26. The summed E-state index contributed by atoms with van der Waals surface area (Å²) in [6, 6.07) is 0.211. The maximum atomic E-state index is 14.6. The molecule has 34 heavy (non-hydrogen) atoms. The zero-order valence-electron chi connectivity index (χ0n) is 19.4. The number of nitrogens with zero attached hydrogens (tertiary/aromatic N) is 4. The molecular weight excluding hydrogens is 440 g/mol. The highest BCUT2D eigenvalue weighted by molar-refractivity contribution is 5.78. The van der Waals surface area contributed by atoms with Gasteiger partial charge in [-0.2, -0.15) is 4.98 Å². The van der Waals surface area contributed by atoms with E-state index in [1.165, 1.54) is 19.3 Å². The van der Waals surface area contributed by atoms with Crippen molar-refractivity contribution in [3.05, 3.63) is 42.3 Å². The fraction of sp³-hybridized carbons (Fsp3) is 0.500. The first-order valence-corrected chi connectivity index (χ1v) is 12.0. The normalized spacial score (nSPS) is 20.7. The summed E-state index contributed by atoms with van der Waals surface area (Å²) in [6.07, 6.45) is 13.3. The number of carbonyl (C=O) groups excluding carboxylic acids is 1. The van der Waals surface area contributed by atoms with Gasteiger partial charge in [0.15, 0.2) is 5.65 Å². The molecule has 182 valence electrons. The fourth-order valence-electron chi connectivity index (χ4n) is 4.45. The largest absolute Gasteiger partial charge is 0.354 e. The lowest BCUT2D eigenvalue weighted by Crippen LogP contribution is -2.36. The number of piperidine rings is 1. The highest BCUT2D eigenvalue weighted by Gasteiger charge is 2.26. The van der Waals surface area contributed by atoms with Gasteiger partial charge in [0.05, 0.1) is 24.3 Å². The molecule has 1 aliphatic carbocycles. The van der Waals surface area contributed by atoms with Crippen molar-refractivity contribution in [2.24, 2.45) is 0 Å². The van der Waals surface area contributed by atoms with Crippen LogP contribution in [0.1, 0.15) is 64.3 Å². The molecule has 3 N–H and O–H groups in total. The van der Waals surface area contributed by atoms with Crippen LogP contribution in [0.3, 0.4) is 0 Å². The minimum absolute atomic E-state index is 0.00458. The van der Waals surface area contributed by atoms with Crippen LogP contribution < -0.4 is 16.0 Å². The second-order valence-corrected chi connectivity index (χ2v) is 8.67. The predicted octanol–water partition coefficient (Wildman–Crippen LogP) is 5.06. The third kappa shape index (κ3) is 5.60. The van der Waals surface area contributed by atoms with Crippen molar-refractivity contribution in [1.82, 2.24) is 24.8 Å². The van der Waals surface area contributed by atoms with E-state index in [4.69, 9.17) is 4.98 Å². The van der Waals surface area contributed by atoms with E-state index in [2.05, 4.69) is 25.9 Å². The van der Waals surface area contributed by atoms with Gasteiger partial charge in [-0.1, -0.05) is 32.3 Å². The number of amides is 1. The molecular formula is C24H31F2N7O. The molecule has 2 aromatic heterocycles. The molecule has 1 unspecified atom stereocenters. The van der Waals surface area contributed by atoms with Gasteiger partial charge >= 0.3 is 0 Å². The fourth-order valence-corrected chi connectivity index (χ4v) is 4.45. The molecule has 1 saturated carbocycles. The number of hydrogen-bond acceptors (Lipinski definition) is 6. The van der Waals surface area contributed by atoms with Gasteiger partial charge in [0, 0.05) is 25.1 Å². The Morgan fingerprint density at radius 2 is 2.06 bits per heavy atom. The van der Waals surface area contributed by atoms with Gasteiger partial charge in [-0.15, -0.1) is 0 Å². The van der Waals surface area contributed by atoms with Gasteiger partial charge in [-0.25, -0.2) is 18.7 Å². The van der Waals surface area contributed by atoms with E-state index < -0.39 is 5.83 Å². The summed E-state index contributed by atoms with van der Waals surface area (Å²) in [5, 5.41) is 9.34. The Morgan fingerprint density at radius 1 is 1.24 bits per heavy atom. The molecule has 1 atom stereocenters. The van der Waals surface area contributed by atoms with Crippen LogP contribution in [0.15, 0.2) is 42.3 Å². The van der Waals surface area contributed by atoms with E-state index in [-0.39, 0.29) is 24.0 Å². The number of allylic oxidation sites excluding steroid dienone is 4. The summed E-state index contributed by atoms with van der Waals surface area (Å²) < 4.78 is 29.2. The lowest BCUT2D eigenvalue weighted by molar-refractivity contribution is -0.122. The standard InChI is InChI=1S/C24H31F2N7O/c1-2-3-9-19(18(26)12-13-25)30-24-31-20-15-28-23(29-16-7-5-4-6-8-16)32-22(20)33(24)17-10-11-21(34)27-14-17/h3,9,12-13,15-17H,2,4-8,10-11,14H2,1H3,(H,27,34)(H,30,31)(H,28,29,32)/b9-3-,13-12+,19-18-. The van der Waals surface area contributed by atoms with Crippen LogP contribution in [0, 0.1) is 0 Å². The van der Waals surface area contributed by atoms with Crippen molar-refractivity contribution in [1.29, 1.82) is 0 Å². The van der Waals surface area contributed by atoms with Crippen molar-refractivity contribution < 1.29 is 13.6 Å². The monoisotopic (exact) mass is 471 g/mol. The number of carbonyl (C=O) groups is 1. The SMILES string of the molecule is CC\C=C/C(Nc1nc2cnc(NC3CCCCC3)nc2n1C1CCC(=O)NC1)=C(F)\C=C\F. The zero-order valence-corrected chi connectivity index (χ0v) is 19.4. The van der Waals surface area contributed by atoms with Crippen LogP contribution in [0.4, 0.5) is 20.7 Å². The van der Waals surface area contributed by atoms with Crippen LogP contribution >= 0.6 is 0 Å². The molecule has 4 rings (SSSR count). The summed E-state index contributed by atoms with van der Waals surface area (Å²) in [4.78, 5) is 25.6. The number of nitrogens with one attached hydrogen (secondary N) is 3. The molecule has 10 heteroatoms. The summed E-state index contributed by atoms with van der Waals surface area (Å²) in [5.41, 5.74) is 1.23. The highest BCUT2D eigenvalue weighted by atomic mass is 19.1. The van der Waals surface area contributed by atoms with Gasteiger partial charge < -0.3 is 16.0 Å². The first-order chi connectivity index (χ1) is 16.6. The Morgan fingerprint density at radius 3 is 2.76 bits per heavy atom. The number of halogens is 2. The number of fused-ring (bicyclic) bond motifs is 1. The van der Waals surface area contributed by atoms with E-state index in [0.29, 0.717) is 54.9 Å². The lowest BCUT2D eigenvalue weighted by atomic mass is 9.96. The van der Waals surface area contributed by atoms with Crippen LogP contribution in [0.2, 0.25) is 0 Å². The Bertz CT molecular complexity index is 1090. The maximum Gasteiger partial charge on any atom is 0.224 e. The van der Waals surface area contributed by atoms with Gasteiger partial charge in [0.1, 0.15) is 11.3 Å². The van der Waals surface area contributed by atoms with E-state index in [0.717, 1.165) is 18.9 Å². The summed E-state index contributed by atoms with van der Waals surface area (Å²) in [6.45, 7) is 2.33. The van der Waals surface area contributed by atoms with Gasteiger partial charge in [0.2, 0.25) is 17.8 Å². The smallest absolute Gasteiger partial charge is 0.224 e. The molecule has 2 aromatic rings. The average Bonchev–Trinajstić information content (AvgIpc) is 3.20. The van der Waals surface area contributed by atoms with Crippen molar-refractivity contribution >= 4 is 29.0 Å². The van der Waals surface area contributed by atoms with E-state index in [9.17, 15) is 13.6 Å². The third-order valence-corrected chi connectivity index (χ3v) is 6.21.